The van der Waals surface area contributed by atoms with Gasteiger partial charge in [0.05, 0.1) is 11.9 Å². The minimum absolute atomic E-state index is 0.0910. The van der Waals surface area contributed by atoms with Gasteiger partial charge in [0.2, 0.25) is 0 Å². The number of H-pyrrole nitrogens is 1. The van der Waals surface area contributed by atoms with E-state index in [0.29, 0.717) is 12.3 Å². The number of hydrogen-bond acceptors (Lipinski definition) is 3. The molecule has 0 saturated heterocycles. The summed E-state index contributed by atoms with van der Waals surface area (Å²) < 4.78 is 26.0. The van der Waals surface area contributed by atoms with Crippen molar-refractivity contribution in [3.05, 3.63) is 71.9 Å². The summed E-state index contributed by atoms with van der Waals surface area (Å²) in [5, 5.41) is 3.41. The number of carbonyl (C=O) groups is 1. The number of imidazole rings is 1. The number of hydrogen-bond donors (Lipinski definition) is 2. The standard InChI is InChI=1S/C18H15F2N3OS/c19-14-7-6-13(10-15(14)20)17(24)21-8-9-25-18-22-11-16(23-18)12-4-2-1-3-5-12/h1-7,10-11H,8-9H2,(H,21,24)(H,22,23). The van der Waals surface area contributed by atoms with E-state index in [1.165, 1.54) is 17.8 Å². The van der Waals surface area contributed by atoms with E-state index in [1.807, 2.05) is 30.3 Å². The van der Waals surface area contributed by atoms with Crippen molar-refractivity contribution in [1.82, 2.24) is 15.3 Å². The first-order chi connectivity index (χ1) is 12.1. The van der Waals surface area contributed by atoms with Crippen LogP contribution in [0.5, 0.6) is 0 Å². The number of carbonyl (C=O) groups excluding carboxylic acids is 1. The van der Waals surface area contributed by atoms with Crippen molar-refractivity contribution in [2.75, 3.05) is 12.3 Å². The summed E-state index contributed by atoms with van der Waals surface area (Å²) in [4.78, 5) is 19.4. The summed E-state index contributed by atoms with van der Waals surface area (Å²) in [5.41, 5.74) is 2.07. The predicted molar refractivity (Wildman–Crippen MR) is 93.4 cm³/mol. The number of nitrogens with zero attached hydrogens (tertiary/aromatic N) is 1. The minimum atomic E-state index is -1.04. The van der Waals surface area contributed by atoms with E-state index in [4.69, 9.17) is 0 Å². The van der Waals surface area contributed by atoms with Crippen LogP contribution >= 0.6 is 11.8 Å². The Hall–Kier alpha value is -2.67. The first kappa shape index (κ1) is 17.2. The highest BCUT2D eigenvalue weighted by Crippen LogP contribution is 2.20. The van der Waals surface area contributed by atoms with E-state index in [2.05, 4.69) is 15.3 Å². The van der Waals surface area contributed by atoms with Crippen LogP contribution < -0.4 is 5.32 Å². The van der Waals surface area contributed by atoms with Crippen molar-refractivity contribution >= 4 is 17.7 Å². The van der Waals surface area contributed by atoms with E-state index in [0.717, 1.165) is 28.5 Å². The maximum Gasteiger partial charge on any atom is 0.251 e. The summed E-state index contributed by atoms with van der Waals surface area (Å²) in [5.74, 6) is -1.86. The molecule has 0 aliphatic rings. The fourth-order valence-electron chi connectivity index (χ4n) is 2.19. The van der Waals surface area contributed by atoms with Crippen LogP contribution in [0.2, 0.25) is 0 Å². The molecule has 1 amide bonds. The monoisotopic (exact) mass is 359 g/mol. The van der Waals surface area contributed by atoms with Gasteiger partial charge in [-0.25, -0.2) is 13.8 Å². The van der Waals surface area contributed by atoms with Crippen molar-refractivity contribution in [3.8, 4) is 11.3 Å². The van der Waals surface area contributed by atoms with E-state index in [9.17, 15) is 13.6 Å². The second-order valence-corrected chi connectivity index (χ2v) is 6.28. The van der Waals surface area contributed by atoms with Gasteiger partial charge in [-0.3, -0.25) is 4.79 Å². The van der Waals surface area contributed by atoms with Crippen molar-refractivity contribution in [3.63, 3.8) is 0 Å². The van der Waals surface area contributed by atoms with Crippen LogP contribution in [0.1, 0.15) is 10.4 Å². The van der Waals surface area contributed by atoms with Gasteiger partial charge in [0.15, 0.2) is 16.8 Å². The lowest BCUT2D eigenvalue weighted by Crippen LogP contribution is -2.25. The van der Waals surface area contributed by atoms with Crippen LogP contribution in [-0.2, 0) is 0 Å². The number of nitrogens with one attached hydrogen (secondary N) is 2. The molecule has 7 heteroatoms. The topological polar surface area (TPSA) is 57.8 Å². The van der Waals surface area contributed by atoms with Gasteiger partial charge in [-0.15, -0.1) is 0 Å². The molecule has 0 unspecified atom stereocenters. The van der Waals surface area contributed by atoms with Crippen molar-refractivity contribution in [2.24, 2.45) is 0 Å². The molecule has 2 aromatic carbocycles. The Bertz CT molecular complexity index is 868. The molecule has 1 aromatic heterocycles. The molecule has 1 heterocycles. The van der Waals surface area contributed by atoms with Gasteiger partial charge in [-0.1, -0.05) is 42.1 Å². The number of thioether (sulfide) groups is 1. The molecule has 0 fully saturated rings. The molecule has 4 nitrogen and oxygen atoms in total. The van der Waals surface area contributed by atoms with Crippen molar-refractivity contribution in [2.45, 2.75) is 5.16 Å². The Morgan fingerprint density at radius 3 is 2.68 bits per heavy atom. The Morgan fingerprint density at radius 1 is 1.12 bits per heavy atom. The number of rotatable bonds is 6. The van der Waals surface area contributed by atoms with Gasteiger partial charge < -0.3 is 10.3 Å². The highest BCUT2D eigenvalue weighted by Gasteiger charge is 2.09. The average Bonchev–Trinajstić information content (AvgIpc) is 3.10. The highest BCUT2D eigenvalue weighted by molar-refractivity contribution is 7.99. The molecule has 3 aromatic rings. The fraction of sp³-hybridized carbons (Fsp3) is 0.111. The molecule has 0 aliphatic heterocycles. The quantitative estimate of drug-likeness (QED) is 0.519. The zero-order valence-electron chi connectivity index (χ0n) is 13.1. The SMILES string of the molecule is O=C(NCCSc1ncc(-c2ccccc2)[nH]1)c1ccc(F)c(F)c1. The molecule has 3 rings (SSSR count). The Labute approximate surface area is 147 Å². The molecule has 2 N–H and O–H groups in total. The number of aromatic nitrogens is 2. The fourth-order valence-corrected chi connectivity index (χ4v) is 2.90. The van der Waals surface area contributed by atoms with Crippen LogP contribution in [0.4, 0.5) is 8.78 Å². The van der Waals surface area contributed by atoms with Gasteiger partial charge in [0, 0.05) is 17.9 Å². The zero-order valence-corrected chi connectivity index (χ0v) is 13.9. The van der Waals surface area contributed by atoms with Gasteiger partial charge in [0.25, 0.3) is 5.91 Å². The van der Waals surface area contributed by atoms with Crippen molar-refractivity contribution in [1.29, 1.82) is 0 Å². The van der Waals surface area contributed by atoms with Crippen LogP contribution in [0.25, 0.3) is 11.3 Å². The molecule has 25 heavy (non-hydrogen) atoms. The summed E-state index contributed by atoms with van der Waals surface area (Å²) in [7, 11) is 0. The smallest absolute Gasteiger partial charge is 0.251 e. The molecular formula is C18H15F2N3OS. The zero-order chi connectivity index (χ0) is 17.6. The molecule has 128 valence electrons. The largest absolute Gasteiger partial charge is 0.351 e. The lowest BCUT2D eigenvalue weighted by atomic mass is 10.2. The van der Waals surface area contributed by atoms with E-state index in [-0.39, 0.29) is 5.56 Å². The minimum Gasteiger partial charge on any atom is -0.351 e. The highest BCUT2D eigenvalue weighted by atomic mass is 32.2. The Kier molecular flexibility index (Phi) is 5.45. The van der Waals surface area contributed by atoms with Gasteiger partial charge in [-0.05, 0) is 23.8 Å². The van der Waals surface area contributed by atoms with Crippen LogP contribution in [0.15, 0.2) is 59.9 Å². The third-order valence-corrected chi connectivity index (χ3v) is 4.33. The summed E-state index contributed by atoms with van der Waals surface area (Å²) >= 11 is 1.46. The first-order valence-electron chi connectivity index (χ1n) is 7.60. The lowest BCUT2D eigenvalue weighted by molar-refractivity contribution is 0.0955. The molecule has 0 aliphatic carbocycles. The Balaban J connectivity index is 1.48. The molecule has 0 bridgehead atoms. The molecule has 0 atom stereocenters. The third-order valence-electron chi connectivity index (χ3n) is 3.45. The lowest BCUT2D eigenvalue weighted by Gasteiger charge is -2.05. The van der Waals surface area contributed by atoms with E-state index < -0.39 is 17.5 Å². The number of amides is 1. The third kappa shape index (κ3) is 4.45. The summed E-state index contributed by atoms with van der Waals surface area (Å²) in [6, 6.07) is 12.9. The maximum atomic E-state index is 13.1. The van der Waals surface area contributed by atoms with Crippen LogP contribution in [-0.4, -0.2) is 28.2 Å². The molecule has 0 saturated carbocycles. The second-order valence-electron chi connectivity index (χ2n) is 5.20. The summed E-state index contributed by atoms with van der Waals surface area (Å²) in [6.07, 6.45) is 1.76. The Morgan fingerprint density at radius 2 is 1.92 bits per heavy atom. The first-order valence-corrected chi connectivity index (χ1v) is 8.58. The molecular weight excluding hydrogens is 344 g/mol. The number of benzene rings is 2. The van der Waals surface area contributed by atoms with Gasteiger partial charge >= 0.3 is 0 Å². The number of aromatic amines is 1. The van der Waals surface area contributed by atoms with E-state index in [1.54, 1.807) is 6.20 Å². The van der Waals surface area contributed by atoms with E-state index >= 15 is 0 Å². The second kappa shape index (κ2) is 7.94. The van der Waals surface area contributed by atoms with Crippen LogP contribution in [0, 0.1) is 11.6 Å². The average molecular weight is 359 g/mol. The maximum absolute atomic E-state index is 13.1. The molecule has 0 radical (unpaired) electrons. The molecule has 0 spiro atoms. The van der Waals surface area contributed by atoms with Gasteiger partial charge in [-0.2, -0.15) is 0 Å². The predicted octanol–water partition coefficient (Wildman–Crippen LogP) is 3.88. The normalized spacial score (nSPS) is 10.6. The number of halogens is 2. The summed E-state index contributed by atoms with van der Waals surface area (Å²) in [6.45, 7) is 0.379. The van der Waals surface area contributed by atoms with Gasteiger partial charge in [0.1, 0.15) is 0 Å². The van der Waals surface area contributed by atoms with Crippen LogP contribution in [0.3, 0.4) is 0 Å². The van der Waals surface area contributed by atoms with Crippen molar-refractivity contribution < 1.29 is 13.6 Å².